The topological polar surface area (TPSA) is 52.7 Å². The zero-order valence-electron chi connectivity index (χ0n) is 16.8. The summed E-state index contributed by atoms with van der Waals surface area (Å²) in [5, 5.41) is 2.83. The standard InChI is InChI=1S/C21H23ClF3N3O2/c1-14(27(2)12-15-7-6-8-16(22)11-15)20(30)28(3)13-19(29)26-18-10-5-4-9-17(18)21(23,24)25/h4-11,14H,12-13H2,1-3H3,(H,26,29). The van der Waals surface area contributed by atoms with E-state index in [4.69, 9.17) is 11.6 Å². The first-order valence-corrected chi connectivity index (χ1v) is 9.52. The number of hydrogen-bond acceptors (Lipinski definition) is 3. The lowest BCUT2D eigenvalue weighted by atomic mass is 10.1. The molecule has 5 nitrogen and oxygen atoms in total. The smallest absolute Gasteiger partial charge is 0.335 e. The Morgan fingerprint density at radius 3 is 2.40 bits per heavy atom. The maximum absolute atomic E-state index is 13.1. The van der Waals surface area contributed by atoms with Crippen molar-refractivity contribution in [3.05, 3.63) is 64.7 Å². The van der Waals surface area contributed by atoms with Gasteiger partial charge >= 0.3 is 6.18 Å². The van der Waals surface area contributed by atoms with Crippen LogP contribution in [0.3, 0.4) is 0 Å². The molecule has 2 aromatic carbocycles. The molecule has 2 aromatic rings. The second kappa shape index (κ2) is 9.95. The van der Waals surface area contributed by atoms with E-state index in [1.165, 1.54) is 30.1 Å². The van der Waals surface area contributed by atoms with Gasteiger partial charge in [-0.05, 0) is 43.8 Å². The molecule has 0 aliphatic rings. The summed E-state index contributed by atoms with van der Waals surface area (Å²) in [6, 6.07) is 11.4. The first-order valence-electron chi connectivity index (χ1n) is 9.14. The number of alkyl halides is 3. The third kappa shape index (κ3) is 6.47. The van der Waals surface area contributed by atoms with Gasteiger partial charge in [0.15, 0.2) is 0 Å². The molecule has 0 spiro atoms. The average Bonchev–Trinajstić information content (AvgIpc) is 2.66. The summed E-state index contributed by atoms with van der Waals surface area (Å²) < 4.78 is 39.2. The molecule has 0 saturated heterocycles. The van der Waals surface area contributed by atoms with E-state index in [-0.39, 0.29) is 18.1 Å². The molecule has 1 unspecified atom stereocenters. The summed E-state index contributed by atoms with van der Waals surface area (Å²) in [5.74, 6) is -1.05. The molecule has 0 bridgehead atoms. The van der Waals surface area contributed by atoms with Crippen molar-refractivity contribution in [2.75, 3.05) is 26.0 Å². The van der Waals surface area contributed by atoms with Gasteiger partial charge in [0, 0.05) is 18.6 Å². The normalized spacial score (nSPS) is 12.5. The Bertz CT molecular complexity index is 905. The van der Waals surface area contributed by atoms with E-state index in [1.807, 2.05) is 12.1 Å². The minimum absolute atomic E-state index is 0.334. The van der Waals surface area contributed by atoms with Crippen molar-refractivity contribution in [2.24, 2.45) is 0 Å². The van der Waals surface area contributed by atoms with Gasteiger partial charge in [-0.15, -0.1) is 0 Å². The van der Waals surface area contributed by atoms with Crippen LogP contribution in [0.5, 0.6) is 0 Å². The summed E-state index contributed by atoms with van der Waals surface area (Å²) in [4.78, 5) is 27.9. The number of para-hydroxylation sites is 1. The third-order valence-corrected chi connectivity index (χ3v) is 4.84. The Kier molecular flexibility index (Phi) is 7.86. The molecular weight excluding hydrogens is 419 g/mol. The number of anilines is 1. The van der Waals surface area contributed by atoms with Gasteiger partial charge in [0.2, 0.25) is 11.8 Å². The maximum atomic E-state index is 13.1. The monoisotopic (exact) mass is 441 g/mol. The van der Waals surface area contributed by atoms with Gasteiger partial charge < -0.3 is 10.2 Å². The largest absolute Gasteiger partial charge is 0.418 e. The lowest BCUT2D eigenvalue weighted by Crippen LogP contribution is -2.46. The highest BCUT2D eigenvalue weighted by molar-refractivity contribution is 6.30. The number of nitrogens with zero attached hydrogens (tertiary/aromatic N) is 2. The molecule has 0 aliphatic carbocycles. The fourth-order valence-electron chi connectivity index (χ4n) is 2.89. The van der Waals surface area contributed by atoms with Crippen LogP contribution in [-0.2, 0) is 22.3 Å². The van der Waals surface area contributed by atoms with Gasteiger partial charge in [-0.2, -0.15) is 13.2 Å². The van der Waals surface area contributed by atoms with Crippen LogP contribution in [-0.4, -0.2) is 48.3 Å². The number of likely N-dealkylation sites (N-methyl/N-ethyl adjacent to an activating group) is 2. The van der Waals surface area contributed by atoms with Crippen LogP contribution in [0.25, 0.3) is 0 Å². The van der Waals surface area contributed by atoms with Crippen molar-refractivity contribution in [3.63, 3.8) is 0 Å². The molecule has 0 fully saturated rings. The van der Waals surface area contributed by atoms with Crippen molar-refractivity contribution in [3.8, 4) is 0 Å². The van der Waals surface area contributed by atoms with Crippen molar-refractivity contribution in [1.29, 1.82) is 0 Å². The summed E-state index contributed by atoms with van der Waals surface area (Å²) in [6.45, 7) is 1.78. The van der Waals surface area contributed by atoms with Gasteiger partial charge in [-0.3, -0.25) is 14.5 Å². The Morgan fingerprint density at radius 1 is 1.10 bits per heavy atom. The number of halogens is 4. The number of hydrogen-bond donors (Lipinski definition) is 1. The van der Waals surface area contributed by atoms with Crippen LogP contribution in [0.2, 0.25) is 5.02 Å². The van der Waals surface area contributed by atoms with E-state index in [1.54, 1.807) is 31.0 Å². The SMILES string of the molecule is CC(C(=O)N(C)CC(=O)Nc1ccccc1C(F)(F)F)N(C)Cc1cccc(Cl)c1. The number of benzene rings is 2. The average molecular weight is 442 g/mol. The zero-order chi connectivity index (χ0) is 22.5. The molecule has 0 radical (unpaired) electrons. The highest BCUT2D eigenvalue weighted by Crippen LogP contribution is 2.34. The predicted octanol–water partition coefficient (Wildman–Crippen LogP) is 4.28. The van der Waals surface area contributed by atoms with Crippen LogP contribution < -0.4 is 5.32 Å². The third-order valence-electron chi connectivity index (χ3n) is 4.60. The lowest BCUT2D eigenvalue weighted by molar-refractivity contribution is -0.138. The van der Waals surface area contributed by atoms with E-state index >= 15 is 0 Å². The minimum atomic E-state index is -4.59. The van der Waals surface area contributed by atoms with Crippen LogP contribution in [0.15, 0.2) is 48.5 Å². The number of nitrogens with one attached hydrogen (secondary N) is 1. The van der Waals surface area contributed by atoms with E-state index in [9.17, 15) is 22.8 Å². The number of carbonyl (C=O) groups excluding carboxylic acids is 2. The number of carbonyl (C=O) groups is 2. The van der Waals surface area contributed by atoms with E-state index in [2.05, 4.69) is 5.32 Å². The second-order valence-corrected chi connectivity index (χ2v) is 7.44. The van der Waals surface area contributed by atoms with Crippen LogP contribution in [0, 0.1) is 0 Å². The van der Waals surface area contributed by atoms with Crippen LogP contribution >= 0.6 is 11.6 Å². The van der Waals surface area contributed by atoms with Crippen molar-refractivity contribution in [2.45, 2.75) is 25.7 Å². The van der Waals surface area contributed by atoms with Crippen molar-refractivity contribution >= 4 is 29.1 Å². The quantitative estimate of drug-likeness (QED) is 0.698. The maximum Gasteiger partial charge on any atom is 0.418 e. The molecule has 2 amide bonds. The highest BCUT2D eigenvalue weighted by Gasteiger charge is 2.33. The summed E-state index contributed by atoms with van der Waals surface area (Å²) in [5.41, 5.74) is -0.363. The molecule has 0 heterocycles. The highest BCUT2D eigenvalue weighted by atomic mass is 35.5. The molecule has 0 aromatic heterocycles. The van der Waals surface area contributed by atoms with E-state index < -0.39 is 23.7 Å². The zero-order valence-corrected chi connectivity index (χ0v) is 17.6. The molecule has 2 rings (SSSR count). The summed E-state index contributed by atoms with van der Waals surface area (Å²) in [7, 11) is 3.19. The first-order chi connectivity index (χ1) is 14.0. The molecular formula is C21H23ClF3N3O2. The number of amides is 2. The van der Waals surface area contributed by atoms with Crippen LogP contribution in [0.1, 0.15) is 18.1 Å². The van der Waals surface area contributed by atoms with Gasteiger partial charge in [0.25, 0.3) is 0 Å². The minimum Gasteiger partial charge on any atom is -0.335 e. The van der Waals surface area contributed by atoms with Gasteiger partial charge in [-0.1, -0.05) is 35.9 Å². The number of rotatable bonds is 7. The Morgan fingerprint density at radius 2 is 1.77 bits per heavy atom. The van der Waals surface area contributed by atoms with Crippen LogP contribution in [0.4, 0.5) is 18.9 Å². The molecule has 1 atom stereocenters. The lowest BCUT2D eigenvalue weighted by Gasteiger charge is -2.28. The summed E-state index contributed by atoms with van der Waals surface area (Å²) >= 11 is 5.98. The van der Waals surface area contributed by atoms with E-state index in [0.717, 1.165) is 11.6 Å². The first kappa shape index (κ1) is 23.7. The predicted molar refractivity (Wildman–Crippen MR) is 110 cm³/mol. The molecule has 162 valence electrons. The fraction of sp³-hybridized carbons (Fsp3) is 0.333. The summed E-state index contributed by atoms with van der Waals surface area (Å²) in [6.07, 6.45) is -4.59. The van der Waals surface area contributed by atoms with Gasteiger partial charge in [-0.25, -0.2) is 0 Å². The molecule has 1 N–H and O–H groups in total. The molecule has 9 heteroatoms. The Labute approximate surface area is 178 Å². The molecule has 0 aliphatic heterocycles. The Hall–Kier alpha value is -2.58. The van der Waals surface area contributed by atoms with E-state index in [0.29, 0.717) is 11.6 Å². The molecule has 30 heavy (non-hydrogen) atoms. The molecule has 0 saturated carbocycles. The Balaban J connectivity index is 1.97. The second-order valence-electron chi connectivity index (χ2n) is 7.01. The van der Waals surface area contributed by atoms with Gasteiger partial charge in [0.1, 0.15) is 0 Å². The fourth-order valence-corrected chi connectivity index (χ4v) is 3.10. The van der Waals surface area contributed by atoms with Gasteiger partial charge in [0.05, 0.1) is 23.8 Å². The van der Waals surface area contributed by atoms with Crippen molar-refractivity contribution < 1.29 is 22.8 Å². The van der Waals surface area contributed by atoms with Crippen molar-refractivity contribution in [1.82, 2.24) is 9.80 Å².